The number of aromatic nitrogens is 2. The van der Waals surface area contributed by atoms with Gasteiger partial charge in [0.1, 0.15) is 5.69 Å². The van der Waals surface area contributed by atoms with Crippen LogP contribution in [-0.4, -0.2) is 28.5 Å². The number of rotatable bonds is 4. The Morgan fingerprint density at radius 2 is 2.07 bits per heavy atom. The van der Waals surface area contributed by atoms with Crippen LogP contribution in [0.3, 0.4) is 0 Å². The maximum Gasteiger partial charge on any atom is 0.259 e. The number of amides is 2. The number of anilines is 2. The van der Waals surface area contributed by atoms with E-state index in [2.05, 4.69) is 15.5 Å². The van der Waals surface area contributed by atoms with Gasteiger partial charge in [0.05, 0.1) is 34.3 Å². The zero-order valence-corrected chi connectivity index (χ0v) is 16.2. The molecular formula is C22H18N4O4. The van der Waals surface area contributed by atoms with Crippen LogP contribution in [0.15, 0.2) is 57.7 Å². The number of nitrogens with zero attached hydrogens (tertiary/aromatic N) is 3. The van der Waals surface area contributed by atoms with Crippen molar-refractivity contribution < 1.29 is 18.5 Å². The molecule has 1 aliphatic rings. The zero-order chi connectivity index (χ0) is 20.7. The number of hydrogen-bond acceptors (Lipinski definition) is 6. The molecule has 1 saturated heterocycles. The first-order chi connectivity index (χ1) is 14.6. The van der Waals surface area contributed by atoms with Crippen LogP contribution in [0, 0.1) is 6.92 Å². The van der Waals surface area contributed by atoms with Gasteiger partial charge in [0.15, 0.2) is 5.76 Å². The Kier molecular flexibility index (Phi) is 4.31. The normalized spacial score (nSPS) is 13.9. The summed E-state index contributed by atoms with van der Waals surface area (Å²) >= 11 is 0. The van der Waals surface area contributed by atoms with Crippen molar-refractivity contribution in [3.05, 3.63) is 60.0 Å². The van der Waals surface area contributed by atoms with Gasteiger partial charge in [0, 0.05) is 13.0 Å². The lowest BCUT2D eigenvalue weighted by Gasteiger charge is -2.20. The lowest BCUT2D eigenvalue weighted by atomic mass is 10.1. The van der Waals surface area contributed by atoms with E-state index in [4.69, 9.17) is 8.94 Å². The van der Waals surface area contributed by atoms with Crippen molar-refractivity contribution in [3.63, 3.8) is 0 Å². The second kappa shape index (κ2) is 7.14. The molecule has 1 N–H and O–H groups in total. The number of furan rings is 1. The summed E-state index contributed by atoms with van der Waals surface area (Å²) in [6, 6.07) is 12.4. The highest BCUT2D eigenvalue weighted by molar-refractivity contribution is 6.14. The van der Waals surface area contributed by atoms with Crippen LogP contribution in [0.25, 0.3) is 22.6 Å². The van der Waals surface area contributed by atoms with Crippen molar-refractivity contribution in [1.82, 2.24) is 10.1 Å². The monoisotopic (exact) mass is 402 g/mol. The fraction of sp³-hybridized carbons (Fsp3) is 0.182. The van der Waals surface area contributed by atoms with Crippen molar-refractivity contribution in [2.45, 2.75) is 19.8 Å². The van der Waals surface area contributed by atoms with Gasteiger partial charge >= 0.3 is 0 Å². The predicted molar refractivity (Wildman–Crippen MR) is 110 cm³/mol. The van der Waals surface area contributed by atoms with Gasteiger partial charge in [-0.15, -0.1) is 0 Å². The maximum atomic E-state index is 13.3. The zero-order valence-electron chi connectivity index (χ0n) is 16.2. The molecule has 1 aliphatic heterocycles. The largest absolute Gasteiger partial charge is 0.463 e. The molecule has 150 valence electrons. The third-order valence-corrected chi connectivity index (χ3v) is 5.15. The highest BCUT2D eigenvalue weighted by Crippen LogP contribution is 2.32. The van der Waals surface area contributed by atoms with Gasteiger partial charge in [-0.1, -0.05) is 17.3 Å². The van der Waals surface area contributed by atoms with Gasteiger partial charge in [-0.25, -0.2) is 4.98 Å². The maximum absolute atomic E-state index is 13.3. The molecule has 0 unspecified atom stereocenters. The molecule has 30 heavy (non-hydrogen) atoms. The van der Waals surface area contributed by atoms with Gasteiger partial charge < -0.3 is 19.2 Å². The molecule has 4 heterocycles. The first kappa shape index (κ1) is 18.1. The lowest BCUT2D eigenvalue weighted by molar-refractivity contribution is -0.117. The van der Waals surface area contributed by atoms with Crippen LogP contribution in [-0.2, 0) is 4.79 Å². The van der Waals surface area contributed by atoms with Crippen LogP contribution < -0.4 is 10.2 Å². The summed E-state index contributed by atoms with van der Waals surface area (Å²) in [6.45, 7) is 2.40. The molecule has 0 bridgehead atoms. The summed E-state index contributed by atoms with van der Waals surface area (Å²) in [6.07, 6.45) is 2.86. The Labute approximate surface area is 171 Å². The van der Waals surface area contributed by atoms with Crippen molar-refractivity contribution in [1.29, 1.82) is 0 Å². The quantitative estimate of drug-likeness (QED) is 0.550. The highest BCUT2D eigenvalue weighted by Gasteiger charge is 2.25. The standard InChI is InChI=1S/C22H18N4O4/c1-13-20-14(12-16(18-8-5-11-29-18)24-22(20)30-25-13)21(28)23-15-6-2-3-7-17(15)26-10-4-9-19(26)27/h2-3,5-8,11-12H,4,9-10H2,1H3,(H,23,28). The van der Waals surface area contributed by atoms with E-state index in [-0.39, 0.29) is 17.5 Å². The van der Waals surface area contributed by atoms with Gasteiger partial charge in [-0.2, -0.15) is 0 Å². The second-order valence-electron chi connectivity index (χ2n) is 7.10. The molecule has 0 saturated carbocycles. The SMILES string of the molecule is Cc1noc2nc(-c3ccco3)cc(C(=O)Nc3ccccc3N3CCCC3=O)c12. The molecule has 5 rings (SSSR count). The van der Waals surface area contributed by atoms with E-state index in [0.29, 0.717) is 52.4 Å². The minimum atomic E-state index is -0.347. The Morgan fingerprint density at radius 3 is 2.83 bits per heavy atom. The number of aryl methyl sites for hydroxylation is 1. The van der Waals surface area contributed by atoms with E-state index >= 15 is 0 Å². The fourth-order valence-corrected chi connectivity index (χ4v) is 3.73. The Hall–Kier alpha value is -3.94. The minimum Gasteiger partial charge on any atom is -0.463 e. The average Bonchev–Trinajstić information content (AvgIpc) is 3.50. The summed E-state index contributed by atoms with van der Waals surface area (Å²) < 4.78 is 10.7. The molecule has 2 amide bonds. The summed E-state index contributed by atoms with van der Waals surface area (Å²) in [5, 5.41) is 7.44. The fourth-order valence-electron chi connectivity index (χ4n) is 3.73. The van der Waals surface area contributed by atoms with Gasteiger partial charge in [-0.05, 0) is 43.7 Å². The van der Waals surface area contributed by atoms with Crippen molar-refractivity contribution in [2.75, 3.05) is 16.8 Å². The van der Waals surface area contributed by atoms with E-state index < -0.39 is 0 Å². The topological polar surface area (TPSA) is 101 Å². The van der Waals surface area contributed by atoms with Crippen LogP contribution >= 0.6 is 0 Å². The molecule has 8 nitrogen and oxygen atoms in total. The lowest BCUT2D eigenvalue weighted by Crippen LogP contribution is -2.25. The third-order valence-electron chi connectivity index (χ3n) is 5.15. The molecular weight excluding hydrogens is 384 g/mol. The first-order valence-corrected chi connectivity index (χ1v) is 9.63. The van der Waals surface area contributed by atoms with Crippen molar-refractivity contribution >= 4 is 34.3 Å². The molecule has 0 aliphatic carbocycles. The molecule has 1 fully saturated rings. The number of carbonyl (C=O) groups is 2. The number of carbonyl (C=O) groups excluding carboxylic acids is 2. The number of para-hydroxylation sites is 2. The van der Waals surface area contributed by atoms with E-state index in [1.165, 1.54) is 6.26 Å². The van der Waals surface area contributed by atoms with Gasteiger partial charge in [0.2, 0.25) is 5.91 Å². The molecule has 0 atom stereocenters. The smallest absolute Gasteiger partial charge is 0.259 e. The summed E-state index contributed by atoms with van der Waals surface area (Å²) in [7, 11) is 0. The third kappa shape index (κ3) is 3.02. The van der Waals surface area contributed by atoms with Crippen molar-refractivity contribution in [2.24, 2.45) is 0 Å². The van der Waals surface area contributed by atoms with Gasteiger partial charge in [0.25, 0.3) is 11.6 Å². The number of nitrogens with one attached hydrogen (secondary N) is 1. The summed E-state index contributed by atoms with van der Waals surface area (Å²) in [5.74, 6) is 0.224. The Morgan fingerprint density at radius 1 is 1.20 bits per heavy atom. The van der Waals surface area contributed by atoms with E-state index in [1.807, 2.05) is 18.2 Å². The highest BCUT2D eigenvalue weighted by atomic mass is 16.5. The number of fused-ring (bicyclic) bond motifs is 1. The number of pyridine rings is 1. The van der Waals surface area contributed by atoms with Crippen molar-refractivity contribution in [3.8, 4) is 11.5 Å². The molecule has 0 radical (unpaired) electrons. The Balaban J connectivity index is 1.56. The van der Waals surface area contributed by atoms with E-state index in [1.54, 1.807) is 36.1 Å². The van der Waals surface area contributed by atoms with E-state index in [0.717, 1.165) is 6.42 Å². The molecule has 1 aromatic carbocycles. The molecule has 8 heteroatoms. The minimum absolute atomic E-state index is 0.0537. The van der Waals surface area contributed by atoms with Crippen LogP contribution in [0.1, 0.15) is 28.9 Å². The second-order valence-corrected chi connectivity index (χ2v) is 7.10. The summed E-state index contributed by atoms with van der Waals surface area (Å²) in [5.41, 5.74) is 2.92. The Bertz CT molecular complexity index is 1260. The van der Waals surface area contributed by atoms with Crippen LogP contribution in [0.5, 0.6) is 0 Å². The van der Waals surface area contributed by atoms with Crippen LogP contribution in [0.2, 0.25) is 0 Å². The molecule has 4 aromatic rings. The first-order valence-electron chi connectivity index (χ1n) is 9.63. The average molecular weight is 402 g/mol. The molecule has 0 spiro atoms. The predicted octanol–water partition coefficient (Wildman–Crippen LogP) is 4.17. The van der Waals surface area contributed by atoms with E-state index in [9.17, 15) is 9.59 Å². The summed E-state index contributed by atoms with van der Waals surface area (Å²) in [4.78, 5) is 31.7. The number of benzene rings is 1. The van der Waals surface area contributed by atoms with Crippen LogP contribution in [0.4, 0.5) is 11.4 Å². The number of hydrogen-bond donors (Lipinski definition) is 1. The van der Waals surface area contributed by atoms with Gasteiger partial charge in [-0.3, -0.25) is 9.59 Å². The molecule has 3 aromatic heterocycles.